The van der Waals surface area contributed by atoms with Gasteiger partial charge in [-0.25, -0.2) is 9.67 Å². The lowest BCUT2D eigenvalue weighted by molar-refractivity contribution is 0.0955. The summed E-state index contributed by atoms with van der Waals surface area (Å²) in [5, 5.41) is 12.5. The number of rotatable bonds is 7. The molecular weight excluding hydrogens is 432 g/mol. The van der Waals surface area contributed by atoms with E-state index in [1.54, 1.807) is 10.9 Å². The number of hydrogen-bond acceptors (Lipinski definition) is 6. The number of aromatic nitrogens is 5. The Hall–Kier alpha value is -3.88. The highest BCUT2D eigenvalue weighted by molar-refractivity contribution is 6.06. The summed E-state index contributed by atoms with van der Waals surface area (Å²) < 4.78 is 15.0. The van der Waals surface area contributed by atoms with E-state index in [4.69, 9.17) is 14.5 Å². The van der Waals surface area contributed by atoms with Crippen LogP contribution in [0, 0.1) is 0 Å². The SMILES string of the molecule is CC(C)n1ncc2c(C(=O)NCCCc3cnn(C)c3)cc(-c3ccc4c(c3)OCCO4)nc21. The van der Waals surface area contributed by atoms with Crippen LogP contribution < -0.4 is 14.8 Å². The monoisotopic (exact) mass is 460 g/mol. The van der Waals surface area contributed by atoms with Gasteiger partial charge in [0.05, 0.1) is 29.0 Å². The highest BCUT2D eigenvalue weighted by Gasteiger charge is 2.20. The van der Waals surface area contributed by atoms with Gasteiger partial charge < -0.3 is 14.8 Å². The predicted octanol–water partition coefficient (Wildman–Crippen LogP) is 3.55. The fourth-order valence-electron chi connectivity index (χ4n) is 4.13. The number of aryl methyl sites for hydroxylation is 2. The van der Waals surface area contributed by atoms with Gasteiger partial charge in [0.25, 0.3) is 5.91 Å². The van der Waals surface area contributed by atoms with Gasteiger partial charge in [0.15, 0.2) is 17.1 Å². The van der Waals surface area contributed by atoms with Crippen molar-refractivity contribution in [2.24, 2.45) is 7.05 Å². The van der Waals surface area contributed by atoms with Crippen molar-refractivity contribution >= 4 is 16.9 Å². The number of benzene rings is 1. The van der Waals surface area contributed by atoms with Gasteiger partial charge in [0.1, 0.15) is 13.2 Å². The van der Waals surface area contributed by atoms with E-state index in [0.717, 1.165) is 35.1 Å². The van der Waals surface area contributed by atoms with E-state index < -0.39 is 0 Å². The van der Waals surface area contributed by atoms with Crippen molar-refractivity contribution in [1.29, 1.82) is 0 Å². The number of nitrogens with one attached hydrogen (secondary N) is 1. The zero-order chi connectivity index (χ0) is 23.7. The lowest BCUT2D eigenvalue weighted by atomic mass is 10.1. The summed E-state index contributed by atoms with van der Waals surface area (Å²) >= 11 is 0. The van der Waals surface area contributed by atoms with Crippen molar-refractivity contribution in [3.05, 3.63) is 54.0 Å². The molecule has 176 valence electrons. The first kappa shape index (κ1) is 21.9. The maximum atomic E-state index is 13.2. The summed E-state index contributed by atoms with van der Waals surface area (Å²) in [5.41, 5.74) is 3.94. The number of carbonyl (C=O) groups is 1. The molecule has 0 atom stereocenters. The summed E-state index contributed by atoms with van der Waals surface area (Å²) in [6.07, 6.45) is 7.25. The summed E-state index contributed by atoms with van der Waals surface area (Å²) in [4.78, 5) is 18.1. The van der Waals surface area contributed by atoms with Crippen LogP contribution >= 0.6 is 0 Å². The smallest absolute Gasteiger partial charge is 0.252 e. The zero-order valence-electron chi connectivity index (χ0n) is 19.6. The van der Waals surface area contributed by atoms with Crippen LogP contribution in [0.3, 0.4) is 0 Å². The van der Waals surface area contributed by atoms with E-state index >= 15 is 0 Å². The molecule has 4 heterocycles. The molecule has 0 saturated carbocycles. The highest BCUT2D eigenvalue weighted by Crippen LogP contribution is 2.35. The zero-order valence-corrected chi connectivity index (χ0v) is 19.6. The van der Waals surface area contributed by atoms with Gasteiger partial charge in [-0.05, 0) is 56.5 Å². The van der Waals surface area contributed by atoms with Crippen molar-refractivity contribution < 1.29 is 14.3 Å². The first-order chi connectivity index (χ1) is 16.5. The number of amides is 1. The average molecular weight is 461 g/mol. The van der Waals surface area contributed by atoms with Gasteiger partial charge in [-0.1, -0.05) is 0 Å². The first-order valence-corrected chi connectivity index (χ1v) is 11.5. The minimum Gasteiger partial charge on any atom is -0.486 e. The molecule has 3 aromatic heterocycles. The molecule has 9 heteroatoms. The van der Waals surface area contributed by atoms with Crippen LogP contribution in [-0.2, 0) is 13.5 Å². The lowest BCUT2D eigenvalue weighted by Crippen LogP contribution is -2.25. The second kappa shape index (κ2) is 9.17. The molecule has 0 fully saturated rings. The van der Waals surface area contributed by atoms with E-state index in [-0.39, 0.29) is 11.9 Å². The quantitative estimate of drug-likeness (QED) is 0.424. The molecule has 0 unspecified atom stereocenters. The van der Waals surface area contributed by atoms with Crippen molar-refractivity contribution in [3.63, 3.8) is 0 Å². The molecule has 1 aliphatic rings. The van der Waals surface area contributed by atoms with E-state index in [9.17, 15) is 4.79 Å². The van der Waals surface area contributed by atoms with Gasteiger partial charge in [0, 0.05) is 31.4 Å². The molecule has 1 amide bonds. The van der Waals surface area contributed by atoms with Crippen molar-refractivity contribution in [3.8, 4) is 22.8 Å². The second-order valence-electron chi connectivity index (χ2n) is 8.72. The second-order valence-corrected chi connectivity index (χ2v) is 8.72. The fourth-order valence-corrected chi connectivity index (χ4v) is 4.13. The summed E-state index contributed by atoms with van der Waals surface area (Å²) in [5.74, 6) is 1.26. The van der Waals surface area contributed by atoms with Crippen LogP contribution in [0.25, 0.3) is 22.3 Å². The standard InChI is InChI=1S/C25H28N6O3/c1-16(2)31-24-20(14-28-31)19(25(32)26-8-4-5-17-13-27-30(3)15-17)12-21(29-24)18-6-7-22-23(11-18)34-10-9-33-22/h6-7,11-16H,4-5,8-10H2,1-3H3,(H,26,32). The first-order valence-electron chi connectivity index (χ1n) is 11.5. The lowest BCUT2D eigenvalue weighted by Gasteiger charge is -2.19. The minimum atomic E-state index is -0.138. The van der Waals surface area contributed by atoms with Crippen LogP contribution in [0.1, 0.15) is 42.2 Å². The third-order valence-corrected chi connectivity index (χ3v) is 5.82. The molecule has 0 saturated heterocycles. The Balaban J connectivity index is 1.43. The number of nitrogens with zero attached hydrogens (tertiary/aromatic N) is 5. The van der Waals surface area contributed by atoms with E-state index in [1.165, 1.54) is 0 Å². The van der Waals surface area contributed by atoms with Crippen LogP contribution in [-0.4, -0.2) is 50.2 Å². The average Bonchev–Trinajstić information content (AvgIpc) is 3.46. The largest absolute Gasteiger partial charge is 0.486 e. The van der Waals surface area contributed by atoms with E-state index in [1.807, 2.05) is 62.2 Å². The van der Waals surface area contributed by atoms with Crippen molar-refractivity contribution in [1.82, 2.24) is 29.9 Å². The normalized spacial score (nSPS) is 12.9. The molecular formula is C25H28N6O3. The summed E-state index contributed by atoms with van der Waals surface area (Å²) in [7, 11) is 1.90. The van der Waals surface area contributed by atoms with Gasteiger partial charge in [-0.2, -0.15) is 10.2 Å². The predicted molar refractivity (Wildman–Crippen MR) is 128 cm³/mol. The molecule has 1 N–H and O–H groups in total. The molecule has 4 aromatic rings. The number of pyridine rings is 1. The number of ether oxygens (including phenoxy) is 2. The maximum absolute atomic E-state index is 13.2. The molecule has 0 aliphatic carbocycles. The van der Waals surface area contributed by atoms with Crippen molar-refractivity contribution in [2.45, 2.75) is 32.7 Å². The van der Waals surface area contributed by atoms with Gasteiger partial charge >= 0.3 is 0 Å². The Morgan fingerprint density at radius 2 is 1.94 bits per heavy atom. The molecule has 1 aliphatic heterocycles. The number of carbonyl (C=O) groups excluding carboxylic acids is 1. The van der Waals surface area contributed by atoms with E-state index in [0.29, 0.717) is 42.4 Å². The summed E-state index contributed by atoms with van der Waals surface area (Å²) in [6.45, 7) is 5.70. The van der Waals surface area contributed by atoms with Gasteiger partial charge in [-0.15, -0.1) is 0 Å². The van der Waals surface area contributed by atoms with Gasteiger partial charge in [-0.3, -0.25) is 9.48 Å². The van der Waals surface area contributed by atoms with Crippen LogP contribution in [0.15, 0.2) is 42.9 Å². The number of hydrogen-bond donors (Lipinski definition) is 1. The van der Waals surface area contributed by atoms with Crippen molar-refractivity contribution in [2.75, 3.05) is 19.8 Å². The maximum Gasteiger partial charge on any atom is 0.252 e. The van der Waals surface area contributed by atoms with Gasteiger partial charge in [0.2, 0.25) is 0 Å². The number of fused-ring (bicyclic) bond motifs is 2. The molecule has 5 rings (SSSR count). The Kier molecular flexibility index (Phi) is 5.91. The molecule has 0 bridgehead atoms. The van der Waals surface area contributed by atoms with Crippen LogP contribution in [0.5, 0.6) is 11.5 Å². The summed E-state index contributed by atoms with van der Waals surface area (Å²) in [6, 6.07) is 7.67. The minimum absolute atomic E-state index is 0.107. The third kappa shape index (κ3) is 4.33. The Bertz CT molecular complexity index is 1340. The molecule has 1 aromatic carbocycles. The molecule has 9 nitrogen and oxygen atoms in total. The Morgan fingerprint density at radius 3 is 2.71 bits per heavy atom. The Labute approximate surface area is 197 Å². The van der Waals surface area contributed by atoms with Crippen LogP contribution in [0.2, 0.25) is 0 Å². The topological polar surface area (TPSA) is 96.1 Å². The molecule has 0 spiro atoms. The highest BCUT2D eigenvalue weighted by atomic mass is 16.6. The van der Waals surface area contributed by atoms with E-state index in [2.05, 4.69) is 15.5 Å². The fraction of sp³-hybridized carbons (Fsp3) is 0.360. The Morgan fingerprint density at radius 1 is 1.12 bits per heavy atom. The molecule has 0 radical (unpaired) electrons. The third-order valence-electron chi connectivity index (χ3n) is 5.82. The van der Waals surface area contributed by atoms with Crippen LogP contribution in [0.4, 0.5) is 0 Å². The molecule has 34 heavy (non-hydrogen) atoms.